The summed E-state index contributed by atoms with van der Waals surface area (Å²) in [5.41, 5.74) is 1.92. The summed E-state index contributed by atoms with van der Waals surface area (Å²) in [4.78, 5) is 21.9. The number of amides is 1. The molecule has 3 rings (SSSR count). The second-order valence-electron chi connectivity index (χ2n) is 7.05. The number of carbonyl (C=O) groups is 1. The van der Waals surface area contributed by atoms with Crippen molar-refractivity contribution < 1.29 is 9.53 Å². The van der Waals surface area contributed by atoms with E-state index in [0.717, 1.165) is 37.3 Å². The van der Waals surface area contributed by atoms with Gasteiger partial charge in [0.25, 0.3) is 5.91 Å². The Balaban J connectivity index is 0.00000363. The molecule has 0 atom stereocenters. The number of hydrogen-bond donors (Lipinski definition) is 0. The molecule has 0 aliphatic carbocycles. The molecule has 0 aliphatic rings. The molecule has 1 amide bonds. The number of carbonyl (C=O) groups excluding carboxylic acids is 1. The number of halogens is 2. The average molecular weight is 494 g/mol. The minimum Gasteiger partial charge on any atom is -0.484 e. The molecule has 5 nitrogen and oxygen atoms in total. The summed E-state index contributed by atoms with van der Waals surface area (Å²) in [6.45, 7) is 7.79. The number of nitrogens with zero attached hydrogens (tertiary/aromatic N) is 3. The zero-order chi connectivity index (χ0) is 22.1. The zero-order valence-electron chi connectivity index (χ0n) is 18.4. The van der Waals surface area contributed by atoms with Crippen LogP contribution in [0.25, 0.3) is 11.3 Å². The van der Waals surface area contributed by atoms with Crippen molar-refractivity contribution in [1.82, 2.24) is 9.88 Å². The van der Waals surface area contributed by atoms with Crippen molar-refractivity contribution in [3.05, 3.63) is 65.0 Å². The van der Waals surface area contributed by atoms with E-state index in [1.165, 1.54) is 11.3 Å². The fourth-order valence-corrected chi connectivity index (χ4v) is 4.21. The quantitative estimate of drug-likeness (QED) is 0.327. The second-order valence-corrected chi connectivity index (χ2v) is 8.32. The molecular weight excluding hydrogens is 465 g/mol. The van der Waals surface area contributed by atoms with Gasteiger partial charge in [0, 0.05) is 22.5 Å². The van der Waals surface area contributed by atoms with E-state index < -0.39 is 0 Å². The fraction of sp³-hybridized carbons (Fsp3) is 0.333. The predicted molar refractivity (Wildman–Crippen MR) is 137 cm³/mol. The van der Waals surface area contributed by atoms with E-state index in [1.54, 1.807) is 29.2 Å². The van der Waals surface area contributed by atoms with Crippen molar-refractivity contribution in [2.75, 3.05) is 37.7 Å². The molecule has 0 N–H and O–H groups in total. The van der Waals surface area contributed by atoms with Crippen LogP contribution in [-0.2, 0) is 4.79 Å². The van der Waals surface area contributed by atoms with E-state index in [2.05, 4.69) is 18.7 Å². The standard InChI is InChI=1S/C24H28ClN3O2S.ClH/c1-3-27(4-2)15-8-16-28(23(29)17-30-21-13-11-20(25)12-14-21)24-26-22(18-31-24)19-9-6-5-7-10-19;/h5-7,9-14,18H,3-4,8,15-17H2,1-2H3;1H. The monoisotopic (exact) mass is 493 g/mol. The molecule has 1 aromatic heterocycles. The Morgan fingerprint density at radius 1 is 1.03 bits per heavy atom. The fourth-order valence-electron chi connectivity index (χ4n) is 3.20. The average Bonchev–Trinajstić information content (AvgIpc) is 3.29. The molecule has 0 saturated heterocycles. The third kappa shape index (κ3) is 7.48. The number of aromatic nitrogens is 1. The van der Waals surface area contributed by atoms with E-state index in [4.69, 9.17) is 21.3 Å². The molecule has 0 unspecified atom stereocenters. The molecule has 2 aromatic carbocycles. The number of rotatable bonds is 11. The van der Waals surface area contributed by atoms with Gasteiger partial charge in [-0.3, -0.25) is 9.69 Å². The lowest BCUT2D eigenvalue weighted by Gasteiger charge is -2.23. The second kappa shape index (κ2) is 13.4. The Morgan fingerprint density at radius 3 is 2.38 bits per heavy atom. The first-order valence-corrected chi connectivity index (χ1v) is 11.8. The summed E-state index contributed by atoms with van der Waals surface area (Å²) >= 11 is 7.40. The van der Waals surface area contributed by atoms with Gasteiger partial charge in [0.05, 0.1) is 5.69 Å². The Labute approximate surface area is 205 Å². The van der Waals surface area contributed by atoms with E-state index in [0.29, 0.717) is 22.4 Å². The molecule has 0 bridgehead atoms. The Bertz CT molecular complexity index is 947. The highest BCUT2D eigenvalue weighted by Crippen LogP contribution is 2.28. The number of anilines is 1. The summed E-state index contributed by atoms with van der Waals surface area (Å²) in [6, 6.07) is 17.0. The summed E-state index contributed by atoms with van der Waals surface area (Å²) < 4.78 is 5.70. The highest BCUT2D eigenvalue weighted by Gasteiger charge is 2.20. The highest BCUT2D eigenvalue weighted by atomic mass is 35.5. The Hall–Kier alpha value is -2.12. The molecule has 0 saturated carbocycles. The largest absolute Gasteiger partial charge is 0.484 e. The van der Waals surface area contributed by atoms with Gasteiger partial charge in [-0.25, -0.2) is 4.98 Å². The molecule has 3 aromatic rings. The first kappa shape index (κ1) is 26.1. The van der Waals surface area contributed by atoms with Crippen molar-refractivity contribution in [2.24, 2.45) is 0 Å². The predicted octanol–water partition coefficient (Wildman–Crippen LogP) is 6.03. The highest BCUT2D eigenvalue weighted by molar-refractivity contribution is 7.14. The van der Waals surface area contributed by atoms with Crippen molar-refractivity contribution in [2.45, 2.75) is 20.3 Å². The molecule has 8 heteroatoms. The third-order valence-corrected chi connectivity index (χ3v) is 6.14. The van der Waals surface area contributed by atoms with Crippen molar-refractivity contribution >= 4 is 46.4 Å². The van der Waals surface area contributed by atoms with E-state index in [1.807, 2.05) is 35.7 Å². The van der Waals surface area contributed by atoms with Crippen LogP contribution in [0.5, 0.6) is 5.75 Å². The summed E-state index contributed by atoms with van der Waals surface area (Å²) in [5.74, 6) is 0.508. The van der Waals surface area contributed by atoms with Crippen LogP contribution in [0.15, 0.2) is 60.0 Å². The summed E-state index contributed by atoms with van der Waals surface area (Å²) in [5, 5.41) is 3.33. The van der Waals surface area contributed by atoms with Gasteiger partial charge < -0.3 is 9.64 Å². The lowest BCUT2D eigenvalue weighted by atomic mass is 10.2. The van der Waals surface area contributed by atoms with Crippen molar-refractivity contribution in [3.8, 4) is 17.0 Å². The normalized spacial score (nSPS) is 10.6. The minimum atomic E-state index is -0.108. The molecule has 0 aliphatic heterocycles. The van der Waals surface area contributed by atoms with E-state index >= 15 is 0 Å². The smallest absolute Gasteiger partial charge is 0.266 e. The Kier molecular flexibility index (Phi) is 11.0. The maximum atomic E-state index is 13.1. The van der Waals surface area contributed by atoms with Gasteiger partial charge in [-0.15, -0.1) is 23.7 Å². The maximum absolute atomic E-state index is 13.1. The van der Waals surface area contributed by atoms with Crippen LogP contribution < -0.4 is 9.64 Å². The molecule has 0 radical (unpaired) electrons. The molecule has 1 heterocycles. The van der Waals surface area contributed by atoms with Crippen LogP contribution in [0, 0.1) is 0 Å². The van der Waals surface area contributed by atoms with Crippen LogP contribution in [0.4, 0.5) is 5.13 Å². The molecule has 0 fully saturated rings. The van der Waals surface area contributed by atoms with Crippen LogP contribution in [-0.4, -0.2) is 48.6 Å². The van der Waals surface area contributed by atoms with Crippen LogP contribution in [0.1, 0.15) is 20.3 Å². The first-order chi connectivity index (χ1) is 15.1. The van der Waals surface area contributed by atoms with Gasteiger partial charge in [-0.05, 0) is 50.3 Å². The SMILES string of the molecule is CCN(CC)CCCN(C(=O)COc1ccc(Cl)cc1)c1nc(-c2ccccc2)cs1.Cl. The lowest BCUT2D eigenvalue weighted by Crippen LogP contribution is -2.37. The number of thiazole rings is 1. The summed E-state index contributed by atoms with van der Waals surface area (Å²) in [7, 11) is 0. The van der Waals surface area contributed by atoms with Crippen molar-refractivity contribution in [1.29, 1.82) is 0 Å². The number of benzene rings is 2. The van der Waals surface area contributed by atoms with Gasteiger partial charge in [-0.1, -0.05) is 55.8 Å². The van der Waals surface area contributed by atoms with Crippen LogP contribution in [0.2, 0.25) is 5.02 Å². The van der Waals surface area contributed by atoms with E-state index in [9.17, 15) is 4.79 Å². The third-order valence-electron chi connectivity index (χ3n) is 5.02. The van der Waals surface area contributed by atoms with Crippen LogP contribution in [0.3, 0.4) is 0 Å². The van der Waals surface area contributed by atoms with Gasteiger partial charge in [-0.2, -0.15) is 0 Å². The zero-order valence-corrected chi connectivity index (χ0v) is 20.8. The molecule has 0 spiro atoms. The minimum absolute atomic E-state index is 0. The lowest BCUT2D eigenvalue weighted by molar-refractivity contribution is -0.120. The van der Waals surface area contributed by atoms with Gasteiger partial charge in [0.15, 0.2) is 11.7 Å². The van der Waals surface area contributed by atoms with Gasteiger partial charge in [0.1, 0.15) is 5.75 Å². The van der Waals surface area contributed by atoms with E-state index in [-0.39, 0.29) is 24.9 Å². The summed E-state index contributed by atoms with van der Waals surface area (Å²) in [6.07, 6.45) is 0.870. The molecular formula is C24H29Cl2N3O2S. The van der Waals surface area contributed by atoms with Gasteiger partial charge >= 0.3 is 0 Å². The number of ether oxygens (including phenoxy) is 1. The first-order valence-electron chi connectivity index (χ1n) is 10.5. The van der Waals surface area contributed by atoms with Crippen molar-refractivity contribution in [3.63, 3.8) is 0 Å². The van der Waals surface area contributed by atoms with Gasteiger partial charge in [0.2, 0.25) is 0 Å². The molecule has 32 heavy (non-hydrogen) atoms. The maximum Gasteiger partial charge on any atom is 0.266 e. The molecule has 172 valence electrons. The van der Waals surface area contributed by atoms with Crippen LogP contribution >= 0.6 is 35.3 Å². The topological polar surface area (TPSA) is 45.7 Å². The number of hydrogen-bond acceptors (Lipinski definition) is 5. The Morgan fingerprint density at radius 2 is 1.72 bits per heavy atom.